The van der Waals surface area contributed by atoms with E-state index in [1.807, 2.05) is 4.90 Å². The summed E-state index contributed by atoms with van der Waals surface area (Å²) in [6.45, 7) is 3.80. The number of rotatable bonds is 2. The van der Waals surface area contributed by atoms with Crippen molar-refractivity contribution in [1.29, 1.82) is 0 Å². The molecule has 5 nitrogen and oxygen atoms in total. The highest BCUT2D eigenvalue weighted by Gasteiger charge is 2.41. The molecule has 1 aromatic carbocycles. The molecular weight excluding hydrogens is 283 g/mol. The lowest BCUT2D eigenvalue weighted by atomic mass is 10.0. The van der Waals surface area contributed by atoms with Gasteiger partial charge in [0.05, 0.1) is 0 Å². The van der Waals surface area contributed by atoms with E-state index in [0.717, 1.165) is 31.7 Å². The molecule has 118 valence electrons. The number of likely N-dealkylation sites (tertiary alicyclic amines) is 1. The van der Waals surface area contributed by atoms with Crippen LogP contribution in [0.25, 0.3) is 0 Å². The summed E-state index contributed by atoms with van der Waals surface area (Å²) >= 11 is 0. The fourth-order valence-corrected chi connectivity index (χ4v) is 3.89. The van der Waals surface area contributed by atoms with Gasteiger partial charge in [0, 0.05) is 32.2 Å². The third-order valence-electron chi connectivity index (χ3n) is 5.17. The van der Waals surface area contributed by atoms with Gasteiger partial charge in [-0.2, -0.15) is 0 Å². The minimum Gasteiger partial charge on any atom is -0.341 e. The molecule has 3 fully saturated rings. The SMILES string of the molecule is O=C(C1CC(c2ccc(F)cc2)NN1)N1C[C@H]2CNC[C@H]2C1. The molecule has 0 aliphatic carbocycles. The molecule has 3 N–H and O–H groups in total. The minimum absolute atomic E-state index is 0.0540. The van der Waals surface area contributed by atoms with Crippen molar-refractivity contribution >= 4 is 5.91 Å². The van der Waals surface area contributed by atoms with E-state index in [9.17, 15) is 9.18 Å². The molecule has 3 aliphatic rings. The molecular formula is C16H21FN4O. The number of carbonyl (C=O) groups excluding carboxylic acids is 1. The summed E-state index contributed by atoms with van der Waals surface area (Å²) in [5.74, 6) is 1.18. The Morgan fingerprint density at radius 3 is 2.45 bits per heavy atom. The van der Waals surface area contributed by atoms with Crippen molar-refractivity contribution < 1.29 is 9.18 Å². The van der Waals surface area contributed by atoms with Crippen LogP contribution in [0.1, 0.15) is 18.0 Å². The lowest BCUT2D eigenvalue weighted by Crippen LogP contribution is -2.45. The molecule has 0 radical (unpaired) electrons. The second-order valence-electron chi connectivity index (χ2n) is 6.60. The quantitative estimate of drug-likeness (QED) is 0.741. The lowest BCUT2D eigenvalue weighted by molar-refractivity contribution is -0.132. The van der Waals surface area contributed by atoms with E-state index in [4.69, 9.17) is 0 Å². The number of halogens is 1. The first-order chi connectivity index (χ1) is 10.7. The average Bonchev–Trinajstić information content (AvgIpc) is 3.22. The predicted octanol–water partition coefficient (Wildman–Crippen LogP) is 0.411. The number of benzene rings is 1. The second kappa shape index (κ2) is 5.61. The summed E-state index contributed by atoms with van der Waals surface area (Å²) in [6, 6.07) is 6.32. The lowest BCUT2D eigenvalue weighted by Gasteiger charge is -2.21. The Kier molecular flexibility index (Phi) is 3.60. The van der Waals surface area contributed by atoms with Crippen LogP contribution in [-0.4, -0.2) is 43.0 Å². The summed E-state index contributed by atoms with van der Waals surface area (Å²) < 4.78 is 13.0. The summed E-state index contributed by atoms with van der Waals surface area (Å²) in [7, 11) is 0. The summed E-state index contributed by atoms with van der Waals surface area (Å²) in [4.78, 5) is 14.7. The maximum absolute atomic E-state index is 13.0. The van der Waals surface area contributed by atoms with Gasteiger partial charge in [-0.15, -0.1) is 0 Å². The Morgan fingerprint density at radius 1 is 1.09 bits per heavy atom. The zero-order chi connectivity index (χ0) is 15.1. The van der Waals surface area contributed by atoms with Crippen LogP contribution in [0, 0.1) is 17.7 Å². The van der Waals surface area contributed by atoms with Crippen LogP contribution in [0.5, 0.6) is 0 Å². The molecule has 0 aromatic heterocycles. The molecule has 22 heavy (non-hydrogen) atoms. The van der Waals surface area contributed by atoms with Crippen molar-refractivity contribution in [2.24, 2.45) is 11.8 Å². The number of amides is 1. The molecule has 4 atom stereocenters. The van der Waals surface area contributed by atoms with Crippen molar-refractivity contribution in [1.82, 2.24) is 21.1 Å². The van der Waals surface area contributed by atoms with Gasteiger partial charge in [-0.3, -0.25) is 4.79 Å². The van der Waals surface area contributed by atoms with Gasteiger partial charge in [0.2, 0.25) is 5.91 Å². The van der Waals surface area contributed by atoms with Gasteiger partial charge in [0.1, 0.15) is 11.9 Å². The fraction of sp³-hybridized carbons (Fsp3) is 0.562. The van der Waals surface area contributed by atoms with Gasteiger partial charge in [-0.1, -0.05) is 12.1 Å². The highest BCUT2D eigenvalue weighted by atomic mass is 19.1. The first-order valence-electron chi connectivity index (χ1n) is 7.97. The monoisotopic (exact) mass is 304 g/mol. The number of nitrogens with one attached hydrogen (secondary N) is 3. The molecule has 1 aromatic rings. The van der Waals surface area contributed by atoms with Crippen LogP contribution in [0.3, 0.4) is 0 Å². The zero-order valence-electron chi connectivity index (χ0n) is 12.4. The Hall–Kier alpha value is -1.50. The van der Waals surface area contributed by atoms with Gasteiger partial charge in [0.15, 0.2) is 0 Å². The summed E-state index contributed by atoms with van der Waals surface area (Å²) in [5, 5.41) is 3.39. The number of hydrogen-bond donors (Lipinski definition) is 3. The average molecular weight is 304 g/mol. The third kappa shape index (κ3) is 2.51. The van der Waals surface area contributed by atoms with Crippen molar-refractivity contribution in [3.05, 3.63) is 35.6 Å². The fourth-order valence-electron chi connectivity index (χ4n) is 3.89. The topological polar surface area (TPSA) is 56.4 Å². The molecule has 4 rings (SSSR count). The molecule has 0 bridgehead atoms. The Labute approximate surface area is 129 Å². The molecule has 0 spiro atoms. The Balaban J connectivity index is 1.38. The number of carbonyl (C=O) groups is 1. The third-order valence-corrected chi connectivity index (χ3v) is 5.17. The van der Waals surface area contributed by atoms with Crippen molar-refractivity contribution in [3.63, 3.8) is 0 Å². The molecule has 3 heterocycles. The van der Waals surface area contributed by atoms with Crippen LogP contribution < -0.4 is 16.2 Å². The van der Waals surface area contributed by atoms with Crippen molar-refractivity contribution in [2.45, 2.75) is 18.5 Å². The highest BCUT2D eigenvalue weighted by Crippen LogP contribution is 2.29. The molecule has 1 amide bonds. The number of hydrogen-bond acceptors (Lipinski definition) is 4. The molecule has 6 heteroatoms. The van der Waals surface area contributed by atoms with Crippen LogP contribution in [-0.2, 0) is 4.79 Å². The van der Waals surface area contributed by atoms with Crippen LogP contribution in [0.2, 0.25) is 0 Å². The van der Waals surface area contributed by atoms with E-state index in [-0.39, 0.29) is 23.8 Å². The predicted molar refractivity (Wildman–Crippen MR) is 80.2 cm³/mol. The molecule has 3 aliphatic heterocycles. The first-order valence-corrected chi connectivity index (χ1v) is 7.97. The second-order valence-corrected chi connectivity index (χ2v) is 6.60. The van der Waals surface area contributed by atoms with E-state index in [0.29, 0.717) is 18.3 Å². The number of fused-ring (bicyclic) bond motifs is 1. The molecule has 0 saturated carbocycles. The van der Waals surface area contributed by atoms with E-state index < -0.39 is 0 Å². The normalized spacial score (nSPS) is 34.1. The minimum atomic E-state index is -0.237. The van der Waals surface area contributed by atoms with Crippen LogP contribution >= 0.6 is 0 Å². The largest absolute Gasteiger partial charge is 0.341 e. The van der Waals surface area contributed by atoms with Crippen molar-refractivity contribution in [3.8, 4) is 0 Å². The Morgan fingerprint density at radius 2 is 1.77 bits per heavy atom. The zero-order valence-corrected chi connectivity index (χ0v) is 12.4. The smallest absolute Gasteiger partial charge is 0.241 e. The number of nitrogens with zero attached hydrogens (tertiary/aromatic N) is 1. The first kappa shape index (κ1) is 14.1. The van der Waals surface area contributed by atoms with Crippen LogP contribution in [0.4, 0.5) is 4.39 Å². The highest BCUT2D eigenvalue weighted by molar-refractivity contribution is 5.82. The van der Waals surface area contributed by atoms with Gasteiger partial charge < -0.3 is 10.2 Å². The van der Waals surface area contributed by atoms with E-state index in [1.165, 1.54) is 12.1 Å². The number of hydrazine groups is 1. The standard InChI is InChI=1S/C16H21FN4O/c17-13-3-1-10(2-4-13)14-5-15(20-19-14)16(22)21-8-11-6-18-7-12(11)9-21/h1-4,11-12,14-15,18-20H,5-9H2/t11-,12+,14?,15?. The van der Waals surface area contributed by atoms with Gasteiger partial charge in [0.25, 0.3) is 0 Å². The van der Waals surface area contributed by atoms with Gasteiger partial charge in [-0.25, -0.2) is 15.2 Å². The van der Waals surface area contributed by atoms with Gasteiger partial charge >= 0.3 is 0 Å². The summed E-state index contributed by atoms with van der Waals surface area (Å²) in [5.41, 5.74) is 7.28. The maximum atomic E-state index is 13.0. The summed E-state index contributed by atoms with van der Waals surface area (Å²) in [6.07, 6.45) is 0.703. The van der Waals surface area contributed by atoms with Gasteiger partial charge in [-0.05, 0) is 36.0 Å². The molecule has 3 saturated heterocycles. The van der Waals surface area contributed by atoms with Crippen LogP contribution in [0.15, 0.2) is 24.3 Å². The molecule has 2 unspecified atom stereocenters. The van der Waals surface area contributed by atoms with E-state index in [2.05, 4.69) is 16.2 Å². The van der Waals surface area contributed by atoms with Crippen molar-refractivity contribution in [2.75, 3.05) is 26.2 Å². The maximum Gasteiger partial charge on any atom is 0.241 e. The van der Waals surface area contributed by atoms with E-state index >= 15 is 0 Å². The Bertz CT molecular complexity index is 552. The van der Waals surface area contributed by atoms with E-state index in [1.54, 1.807) is 12.1 Å².